The van der Waals surface area contributed by atoms with E-state index in [2.05, 4.69) is 29.6 Å². The number of ether oxygens (including phenoxy) is 1. The van der Waals surface area contributed by atoms with Crippen molar-refractivity contribution < 1.29 is 4.74 Å². The quantitative estimate of drug-likeness (QED) is 0.755. The number of alkyl halides is 1. The highest BCUT2D eigenvalue weighted by Gasteiger charge is 2.25. The fraction of sp³-hybridized carbons (Fsp3) is 0.571. The summed E-state index contributed by atoms with van der Waals surface area (Å²) in [7, 11) is 1.74. The number of halogens is 1. The first-order valence-corrected chi connectivity index (χ1v) is 6.74. The van der Waals surface area contributed by atoms with E-state index in [0.29, 0.717) is 17.8 Å². The number of benzene rings is 1. The lowest BCUT2D eigenvalue weighted by Crippen LogP contribution is -2.38. The molecule has 3 heteroatoms. The van der Waals surface area contributed by atoms with E-state index in [4.69, 9.17) is 16.3 Å². The van der Waals surface area contributed by atoms with Crippen LogP contribution in [0.2, 0.25) is 0 Å². The molecule has 0 bridgehead atoms. The van der Waals surface area contributed by atoms with Gasteiger partial charge in [-0.15, -0.1) is 11.6 Å². The summed E-state index contributed by atoms with van der Waals surface area (Å²) in [5.41, 5.74) is 3.00. The Balaban J connectivity index is 1.79. The van der Waals surface area contributed by atoms with Crippen LogP contribution >= 0.6 is 11.6 Å². The summed E-state index contributed by atoms with van der Waals surface area (Å²) < 4.78 is 5.19. The molecule has 0 fully saturated rings. The van der Waals surface area contributed by atoms with Crippen molar-refractivity contribution in [1.82, 2.24) is 5.32 Å². The van der Waals surface area contributed by atoms with Crippen LogP contribution in [-0.2, 0) is 11.2 Å². The van der Waals surface area contributed by atoms with Crippen molar-refractivity contribution in [2.75, 3.05) is 26.1 Å². The van der Waals surface area contributed by atoms with E-state index in [1.165, 1.54) is 17.5 Å². The largest absolute Gasteiger partial charge is 0.383 e. The van der Waals surface area contributed by atoms with E-state index >= 15 is 0 Å². The van der Waals surface area contributed by atoms with Gasteiger partial charge in [-0.1, -0.05) is 24.3 Å². The molecule has 0 radical (unpaired) electrons. The van der Waals surface area contributed by atoms with Crippen molar-refractivity contribution in [3.63, 3.8) is 0 Å². The lowest BCUT2D eigenvalue weighted by Gasteiger charge is -2.31. The van der Waals surface area contributed by atoms with Gasteiger partial charge >= 0.3 is 0 Å². The first kappa shape index (κ1) is 12.9. The second-order valence-electron chi connectivity index (χ2n) is 4.64. The van der Waals surface area contributed by atoms with Crippen molar-refractivity contribution in [3.8, 4) is 0 Å². The zero-order valence-corrected chi connectivity index (χ0v) is 11.0. The van der Waals surface area contributed by atoms with Crippen LogP contribution in [0.25, 0.3) is 0 Å². The topological polar surface area (TPSA) is 21.3 Å². The molecule has 94 valence electrons. The predicted molar refractivity (Wildman–Crippen MR) is 71.9 cm³/mol. The third-order valence-corrected chi connectivity index (χ3v) is 3.66. The minimum atomic E-state index is 0.380. The summed E-state index contributed by atoms with van der Waals surface area (Å²) in [4.78, 5) is 0. The Morgan fingerprint density at radius 1 is 1.47 bits per heavy atom. The Bertz CT molecular complexity index is 350. The number of nitrogens with one attached hydrogen (secondary N) is 1. The normalized spacial score (nSPS) is 19.5. The molecule has 0 spiro atoms. The van der Waals surface area contributed by atoms with Gasteiger partial charge in [0, 0.05) is 31.5 Å². The molecule has 0 amide bonds. The van der Waals surface area contributed by atoms with Gasteiger partial charge in [-0.25, -0.2) is 0 Å². The van der Waals surface area contributed by atoms with Crippen molar-refractivity contribution in [2.24, 2.45) is 0 Å². The molecule has 2 nitrogen and oxygen atoms in total. The van der Waals surface area contributed by atoms with E-state index in [9.17, 15) is 0 Å². The van der Waals surface area contributed by atoms with Gasteiger partial charge in [0.05, 0.1) is 6.61 Å². The molecular formula is C14H20ClNO. The van der Waals surface area contributed by atoms with Gasteiger partial charge in [0.15, 0.2) is 0 Å². The minimum absolute atomic E-state index is 0.380. The van der Waals surface area contributed by atoms with Crippen LogP contribution in [0.4, 0.5) is 0 Å². The SMILES string of the molecule is COCC(CCCl)NCC1Cc2ccccc21. The Morgan fingerprint density at radius 2 is 2.29 bits per heavy atom. The second-order valence-corrected chi connectivity index (χ2v) is 5.02. The van der Waals surface area contributed by atoms with E-state index in [1.54, 1.807) is 7.11 Å². The third-order valence-electron chi connectivity index (χ3n) is 3.44. The monoisotopic (exact) mass is 253 g/mol. The maximum Gasteiger partial charge on any atom is 0.0616 e. The number of fused-ring (bicyclic) bond motifs is 1. The Labute approximate surface area is 108 Å². The summed E-state index contributed by atoms with van der Waals surface area (Å²) in [5, 5.41) is 3.55. The number of hydrogen-bond acceptors (Lipinski definition) is 2. The summed E-state index contributed by atoms with van der Waals surface area (Å²) in [5.74, 6) is 1.35. The number of rotatable bonds is 7. The van der Waals surface area contributed by atoms with Gasteiger partial charge in [-0.05, 0) is 24.0 Å². The van der Waals surface area contributed by atoms with Crippen LogP contribution in [0.5, 0.6) is 0 Å². The van der Waals surface area contributed by atoms with Crippen LogP contribution in [0.3, 0.4) is 0 Å². The molecule has 2 rings (SSSR count). The average molecular weight is 254 g/mol. The van der Waals surface area contributed by atoms with Crippen LogP contribution in [0, 0.1) is 0 Å². The zero-order chi connectivity index (χ0) is 12.1. The van der Waals surface area contributed by atoms with Gasteiger partial charge in [0.1, 0.15) is 0 Å². The lowest BCUT2D eigenvalue weighted by atomic mass is 9.77. The van der Waals surface area contributed by atoms with Gasteiger partial charge in [-0.2, -0.15) is 0 Å². The minimum Gasteiger partial charge on any atom is -0.383 e. The number of methoxy groups -OCH3 is 1. The molecule has 2 atom stereocenters. The molecule has 1 aromatic carbocycles. The fourth-order valence-electron chi connectivity index (χ4n) is 2.43. The Kier molecular flexibility index (Phi) is 4.84. The highest BCUT2D eigenvalue weighted by Crippen LogP contribution is 2.34. The van der Waals surface area contributed by atoms with Gasteiger partial charge < -0.3 is 10.1 Å². The predicted octanol–water partition coefficient (Wildman–Crippen LogP) is 2.56. The maximum absolute atomic E-state index is 5.78. The zero-order valence-electron chi connectivity index (χ0n) is 10.3. The van der Waals surface area contributed by atoms with Crippen LogP contribution in [0.15, 0.2) is 24.3 Å². The highest BCUT2D eigenvalue weighted by molar-refractivity contribution is 6.17. The molecule has 0 saturated carbocycles. The van der Waals surface area contributed by atoms with E-state index in [-0.39, 0.29) is 0 Å². The second kappa shape index (κ2) is 6.39. The standard InChI is InChI=1S/C14H20ClNO/c1-17-10-13(6-7-15)16-9-12-8-11-4-2-3-5-14(11)12/h2-5,12-13,16H,6-10H2,1H3. The molecule has 1 N–H and O–H groups in total. The highest BCUT2D eigenvalue weighted by atomic mass is 35.5. The lowest BCUT2D eigenvalue weighted by molar-refractivity contribution is 0.163. The van der Waals surface area contributed by atoms with Crippen molar-refractivity contribution in [1.29, 1.82) is 0 Å². The summed E-state index contributed by atoms with van der Waals surface area (Å²) in [6, 6.07) is 9.07. The number of hydrogen-bond donors (Lipinski definition) is 1. The molecule has 0 heterocycles. The molecule has 1 aliphatic carbocycles. The van der Waals surface area contributed by atoms with E-state index < -0.39 is 0 Å². The molecule has 17 heavy (non-hydrogen) atoms. The van der Waals surface area contributed by atoms with E-state index in [0.717, 1.165) is 19.6 Å². The first-order chi connectivity index (χ1) is 8.35. The fourth-order valence-corrected chi connectivity index (χ4v) is 2.69. The van der Waals surface area contributed by atoms with Gasteiger partial charge in [0.25, 0.3) is 0 Å². The third kappa shape index (κ3) is 3.21. The van der Waals surface area contributed by atoms with Crippen LogP contribution in [-0.4, -0.2) is 32.2 Å². The Morgan fingerprint density at radius 3 is 3.00 bits per heavy atom. The summed E-state index contributed by atoms with van der Waals surface area (Å²) >= 11 is 5.78. The van der Waals surface area contributed by atoms with E-state index in [1.807, 2.05) is 0 Å². The summed E-state index contributed by atoms with van der Waals surface area (Å²) in [6.45, 7) is 1.77. The molecule has 2 unspecified atom stereocenters. The molecule has 1 aliphatic rings. The van der Waals surface area contributed by atoms with Crippen LogP contribution in [0.1, 0.15) is 23.5 Å². The smallest absolute Gasteiger partial charge is 0.0616 e. The van der Waals surface area contributed by atoms with Crippen molar-refractivity contribution in [3.05, 3.63) is 35.4 Å². The molecule has 1 aromatic rings. The van der Waals surface area contributed by atoms with Crippen molar-refractivity contribution in [2.45, 2.75) is 24.8 Å². The van der Waals surface area contributed by atoms with Gasteiger partial charge in [0.2, 0.25) is 0 Å². The average Bonchev–Trinajstić information content (AvgIpc) is 2.31. The summed E-state index contributed by atoms with van der Waals surface area (Å²) in [6.07, 6.45) is 2.16. The van der Waals surface area contributed by atoms with Gasteiger partial charge in [-0.3, -0.25) is 0 Å². The molecule has 0 aromatic heterocycles. The Hall–Kier alpha value is -0.570. The van der Waals surface area contributed by atoms with Crippen LogP contribution < -0.4 is 5.32 Å². The maximum atomic E-state index is 5.78. The molecular weight excluding hydrogens is 234 g/mol. The first-order valence-electron chi connectivity index (χ1n) is 6.21. The van der Waals surface area contributed by atoms with Crippen molar-refractivity contribution >= 4 is 11.6 Å². The molecule has 0 saturated heterocycles. The molecule has 0 aliphatic heterocycles.